The average molecular weight is 422 g/mol. The first-order valence-corrected chi connectivity index (χ1v) is 11.2. The normalized spacial score (nSPS) is 19.6. The molecule has 6 nitrogen and oxygen atoms in total. The number of hydrogen-bond donors (Lipinski definition) is 0. The summed E-state index contributed by atoms with van der Waals surface area (Å²) in [7, 11) is -3.76. The first-order valence-electron chi connectivity index (χ1n) is 8.65. The molecule has 2 aromatic carbocycles. The second kappa shape index (κ2) is 6.22. The Hall–Kier alpha value is -1.58. The van der Waals surface area contributed by atoms with Crippen LogP contribution in [0.1, 0.15) is 24.0 Å². The number of sulfonamides is 1. The van der Waals surface area contributed by atoms with E-state index in [0.717, 1.165) is 11.7 Å². The van der Waals surface area contributed by atoms with Crippen LogP contribution in [0, 0.1) is 0 Å². The largest absolute Gasteiger partial charge is 0.365 e. The first-order chi connectivity index (χ1) is 13.0. The van der Waals surface area contributed by atoms with Gasteiger partial charge in [0.2, 0.25) is 10.0 Å². The van der Waals surface area contributed by atoms with E-state index >= 15 is 0 Å². The topological polar surface area (TPSA) is 72.4 Å². The molecule has 0 N–H and O–H groups in total. The molecule has 0 saturated carbocycles. The molecule has 3 aromatic rings. The molecular formula is C18H16ClN3O3S2. The molecule has 0 amide bonds. The summed E-state index contributed by atoms with van der Waals surface area (Å²) in [6, 6.07) is 11.4. The maximum atomic E-state index is 13.3. The summed E-state index contributed by atoms with van der Waals surface area (Å²) in [5.74, 6) is 0. The Kier molecular flexibility index (Phi) is 4.03. The highest BCUT2D eigenvalue weighted by Gasteiger charge is 2.45. The van der Waals surface area contributed by atoms with Crippen molar-refractivity contribution in [2.75, 3.05) is 13.1 Å². The molecule has 1 saturated heterocycles. The molecule has 3 heterocycles. The number of rotatable bonds is 2. The number of fused-ring (bicyclic) bond motifs is 3. The lowest BCUT2D eigenvalue weighted by molar-refractivity contribution is -0.0688. The lowest BCUT2D eigenvalue weighted by Crippen LogP contribution is -2.45. The van der Waals surface area contributed by atoms with Crippen molar-refractivity contribution in [2.24, 2.45) is 0 Å². The maximum Gasteiger partial charge on any atom is 0.246 e. The van der Waals surface area contributed by atoms with Gasteiger partial charge in [0.05, 0.1) is 29.0 Å². The van der Waals surface area contributed by atoms with Crippen LogP contribution in [0.25, 0.3) is 11.0 Å². The van der Waals surface area contributed by atoms with Gasteiger partial charge in [-0.1, -0.05) is 35.9 Å². The van der Waals surface area contributed by atoms with Crippen LogP contribution in [0.5, 0.6) is 0 Å². The van der Waals surface area contributed by atoms with Crippen LogP contribution in [0.15, 0.2) is 41.3 Å². The monoisotopic (exact) mass is 421 g/mol. The van der Waals surface area contributed by atoms with Gasteiger partial charge in [0.15, 0.2) is 0 Å². The number of benzene rings is 2. The summed E-state index contributed by atoms with van der Waals surface area (Å²) in [5.41, 5.74) is 2.88. The van der Waals surface area contributed by atoms with Crippen LogP contribution < -0.4 is 0 Å². The zero-order valence-electron chi connectivity index (χ0n) is 14.3. The standard InChI is InChI=1S/C18H16ClN3O3S2/c19-14-5-6-15-16(21-26-20-15)17(14)27(23,24)22-9-7-18(8-10-22)13-4-2-1-3-12(13)11-25-18/h1-6H,7-11H2. The van der Waals surface area contributed by atoms with E-state index in [2.05, 4.69) is 20.9 Å². The minimum Gasteiger partial charge on any atom is -0.365 e. The van der Waals surface area contributed by atoms with Crippen LogP contribution in [0.2, 0.25) is 5.02 Å². The van der Waals surface area contributed by atoms with E-state index in [-0.39, 0.29) is 15.5 Å². The number of ether oxygens (including phenoxy) is 1. The van der Waals surface area contributed by atoms with E-state index < -0.39 is 10.0 Å². The smallest absolute Gasteiger partial charge is 0.246 e. The Bertz CT molecular complexity index is 1140. The third-order valence-corrected chi connectivity index (χ3v) is 8.42. The van der Waals surface area contributed by atoms with Crippen molar-refractivity contribution in [1.29, 1.82) is 0 Å². The van der Waals surface area contributed by atoms with Gasteiger partial charge in [-0.15, -0.1) is 0 Å². The summed E-state index contributed by atoms with van der Waals surface area (Å²) < 4.78 is 42.5. The van der Waals surface area contributed by atoms with Gasteiger partial charge in [0.1, 0.15) is 15.9 Å². The fourth-order valence-corrected chi connectivity index (χ4v) is 6.74. The molecule has 0 aliphatic carbocycles. The SMILES string of the molecule is O=S(=O)(c1c(Cl)ccc2nsnc12)N1CCC2(CC1)OCc1ccccc12. The Morgan fingerprint density at radius 1 is 1.11 bits per heavy atom. The lowest BCUT2D eigenvalue weighted by Gasteiger charge is -2.38. The molecule has 27 heavy (non-hydrogen) atoms. The Morgan fingerprint density at radius 3 is 2.70 bits per heavy atom. The highest BCUT2D eigenvalue weighted by atomic mass is 35.5. The third kappa shape index (κ3) is 2.62. The Balaban J connectivity index is 1.47. The highest BCUT2D eigenvalue weighted by Crippen LogP contribution is 2.45. The van der Waals surface area contributed by atoms with Crippen molar-refractivity contribution in [3.05, 3.63) is 52.5 Å². The summed E-state index contributed by atoms with van der Waals surface area (Å²) in [4.78, 5) is 0.0547. The summed E-state index contributed by atoms with van der Waals surface area (Å²) in [5, 5.41) is 0.179. The molecule has 0 radical (unpaired) electrons. The lowest BCUT2D eigenvalue weighted by atomic mass is 9.84. The average Bonchev–Trinajstić information content (AvgIpc) is 3.28. The number of aromatic nitrogens is 2. The van der Waals surface area contributed by atoms with Gasteiger partial charge in [0.25, 0.3) is 0 Å². The van der Waals surface area contributed by atoms with E-state index in [4.69, 9.17) is 16.3 Å². The quantitative estimate of drug-likeness (QED) is 0.632. The molecule has 0 atom stereocenters. The minimum absolute atomic E-state index is 0.0547. The molecule has 2 aliphatic rings. The molecule has 0 bridgehead atoms. The van der Waals surface area contributed by atoms with Gasteiger partial charge >= 0.3 is 0 Å². The number of hydrogen-bond acceptors (Lipinski definition) is 6. The molecule has 2 aliphatic heterocycles. The molecule has 1 spiro atoms. The fourth-order valence-electron chi connectivity index (χ4n) is 4.06. The second-order valence-electron chi connectivity index (χ2n) is 6.85. The molecular weight excluding hydrogens is 406 g/mol. The first kappa shape index (κ1) is 17.5. The Morgan fingerprint density at radius 2 is 1.89 bits per heavy atom. The van der Waals surface area contributed by atoms with Crippen molar-refractivity contribution in [1.82, 2.24) is 13.1 Å². The zero-order chi connectivity index (χ0) is 18.6. The van der Waals surface area contributed by atoms with Crippen LogP contribution in [0.3, 0.4) is 0 Å². The molecule has 1 fully saturated rings. The van der Waals surface area contributed by atoms with E-state index in [1.54, 1.807) is 12.1 Å². The molecule has 140 valence electrons. The summed E-state index contributed by atoms with van der Waals surface area (Å²) >= 11 is 7.24. The van der Waals surface area contributed by atoms with Crippen LogP contribution in [0.4, 0.5) is 0 Å². The van der Waals surface area contributed by atoms with Crippen molar-refractivity contribution in [3.63, 3.8) is 0 Å². The predicted octanol–water partition coefficient (Wildman–Crippen LogP) is 3.55. The predicted molar refractivity (Wildman–Crippen MR) is 103 cm³/mol. The Labute approximate surface area is 166 Å². The third-order valence-electron chi connectivity index (χ3n) is 5.47. The van der Waals surface area contributed by atoms with E-state index in [1.165, 1.54) is 15.4 Å². The summed E-state index contributed by atoms with van der Waals surface area (Å²) in [6.07, 6.45) is 1.23. The zero-order valence-corrected chi connectivity index (χ0v) is 16.6. The molecule has 5 rings (SSSR count). The fraction of sp³-hybridized carbons (Fsp3) is 0.333. The van der Waals surface area contributed by atoms with Gasteiger partial charge in [-0.25, -0.2) is 8.42 Å². The maximum absolute atomic E-state index is 13.3. The molecule has 9 heteroatoms. The van der Waals surface area contributed by atoms with Gasteiger partial charge in [-0.05, 0) is 36.1 Å². The van der Waals surface area contributed by atoms with Gasteiger partial charge < -0.3 is 4.74 Å². The number of nitrogens with zero attached hydrogens (tertiary/aromatic N) is 3. The van der Waals surface area contributed by atoms with Crippen molar-refractivity contribution in [2.45, 2.75) is 29.9 Å². The highest BCUT2D eigenvalue weighted by molar-refractivity contribution is 7.89. The van der Waals surface area contributed by atoms with Crippen LogP contribution >= 0.6 is 23.3 Å². The van der Waals surface area contributed by atoms with E-state index in [0.29, 0.717) is 43.6 Å². The van der Waals surface area contributed by atoms with Gasteiger partial charge in [0, 0.05) is 13.1 Å². The van der Waals surface area contributed by atoms with Crippen molar-refractivity contribution >= 4 is 44.4 Å². The van der Waals surface area contributed by atoms with Crippen molar-refractivity contribution < 1.29 is 13.2 Å². The van der Waals surface area contributed by atoms with Gasteiger partial charge in [-0.3, -0.25) is 0 Å². The van der Waals surface area contributed by atoms with Crippen LogP contribution in [-0.2, 0) is 27.0 Å². The molecule has 1 aromatic heterocycles. The van der Waals surface area contributed by atoms with E-state index in [9.17, 15) is 8.42 Å². The second-order valence-corrected chi connectivity index (χ2v) is 9.66. The number of piperidine rings is 1. The van der Waals surface area contributed by atoms with Gasteiger partial charge in [-0.2, -0.15) is 13.1 Å². The van der Waals surface area contributed by atoms with Crippen LogP contribution in [-0.4, -0.2) is 34.6 Å². The van der Waals surface area contributed by atoms with E-state index in [1.807, 2.05) is 12.1 Å². The van der Waals surface area contributed by atoms with Crippen molar-refractivity contribution in [3.8, 4) is 0 Å². The number of halogens is 1. The minimum atomic E-state index is -3.76. The summed E-state index contributed by atoms with van der Waals surface area (Å²) in [6.45, 7) is 1.33. The molecule has 0 unspecified atom stereocenters.